The minimum Gasteiger partial charge on any atom is -0.369 e. The van der Waals surface area contributed by atoms with E-state index in [2.05, 4.69) is 22.4 Å². The van der Waals surface area contributed by atoms with Crippen molar-refractivity contribution in [3.63, 3.8) is 0 Å². The molecular weight excluding hydrogens is 318 g/mol. The lowest BCUT2D eigenvalue weighted by Gasteiger charge is -2.05. The number of aromatic nitrogens is 2. The van der Waals surface area contributed by atoms with Crippen molar-refractivity contribution >= 4 is 17.4 Å². The summed E-state index contributed by atoms with van der Waals surface area (Å²) in [7, 11) is 0. The molecule has 0 saturated heterocycles. The number of anilines is 1. The van der Waals surface area contributed by atoms with E-state index in [-0.39, 0.29) is 0 Å². The van der Waals surface area contributed by atoms with E-state index in [1.165, 1.54) is 89.9 Å². The molecule has 1 N–H and O–H groups in total. The molecule has 0 aliphatic rings. The van der Waals surface area contributed by atoms with E-state index in [0.29, 0.717) is 5.15 Å². The molecule has 24 heavy (non-hydrogen) atoms. The molecule has 0 unspecified atom stereocenters. The topological polar surface area (TPSA) is 37.8 Å². The van der Waals surface area contributed by atoms with E-state index in [1.807, 2.05) is 6.07 Å². The van der Waals surface area contributed by atoms with Gasteiger partial charge in [-0.25, -0.2) is 0 Å². The fraction of sp³-hybridized carbons (Fsp3) is 0.800. The van der Waals surface area contributed by atoms with Gasteiger partial charge in [0.25, 0.3) is 0 Å². The second-order valence-electron chi connectivity index (χ2n) is 6.76. The highest BCUT2D eigenvalue weighted by Gasteiger charge is 1.96. The Hall–Kier alpha value is -0.830. The molecule has 0 amide bonds. The molecule has 0 atom stereocenters. The van der Waals surface area contributed by atoms with Crippen LogP contribution >= 0.6 is 11.6 Å². The van der Waals surface area contributed by atoms with Crippen molar-refractivity contribution in [2.24, 2.45) is 0 Å². The minimum atomic E-state index is 0.442. The Balaban J connectivity index is 1.75. The van der Waals surface area contributed by atoms with Gasteiger partial charge in [-0.1, -0.05) is 102 Å². The van der Waals surface area contributed by atoms with Gasteiger partial charge >= 0.3 is 0 Å². The van der Waals surface area contributed by atoms with Gasteiger partial charge in [0.15, 0.2) is 5.15 Å². The Kier molecular flexibility index (Phi) is 13.9. The van der Waals surface area contributed by atoms with E-state index in [9.17, 15) is 0 Å². The lowest BCUT2D eigenvalue weighted by molar-refractivity contribution is 0.537. The van der Waals surface area contributed by atoms with Gasteiger partial charge in [-0.3, -0.25) is 0 Å². The molecule has 0 bridgehead atoms. The first-order valence-corrected chi connectivity index (χ1v) is 10.4. The van der Waals surface area contributed by atoms with E-state index in [1.54, 1.807) is 6.07 Å². The Morgan fingerprint density at radius 2 is 1.21 bits per heavy atom. The molecule has 0 radical (unpaired) electrons. The lowest BCUT2D eigenvalue weighted by Crippen LogP contribution is -2.03. The van der Waals surface area contributed by atoms with Crippen LogP contribution in [0.25, 0.3) is 0 Å². The first kappa shape index (κ1) is 21.2. The van der Waals surface area contributed by atoms with Gasteiger partial charge in [0, 0.05) is 6.54 Å². The van der Waals surface area contributed by atoms with E-state index >= 15 is 0 Å². The van der Waals surface area contributed by atoms with Gasteiger partial charge in [-0.2, -0.15) is 0 Å². The summed E-state index contributed by atoms with van der Waals surface area (Å²) < 4.78 is 0. The molecule has 0 aliphatic carbocycles. The van der Waals surface area contributed by atoms with Crippen molar-refractivity contribution in [2.75, 3.05) is 11.9 Å². The van der Waals surface area contributed by atoms with Crippen LogP contribution in [0.4, 0.5) is 5.82 Å². The fourth-order valence-electron chi connectivity index (χ4n) is 2.95. The maximum Gasteiger partial charge on any atom is 0.151 e. The van der Waals surface area contributed by atoms with Crippen LogP contribution < -0.4 is 5.32 Å². The van der Waals surface area contributed by atoms with E-state index < -0.39 is 0 Å². The predicted octanol–water partition coefficient (Wildman–Crippen LogP) is 7.02. The van der Waals surface area contributed by atoms with E-state index in [4.69, 9.17) is 11.6 Å². The molecule has 1 aromatic heterocycles. The third-order valence-corrected chi connectivity index (χ3v) is 4.67. The molecule has 0 fully saturated rings. The van der Waals surface area contributed by atoms with Crippen LogP contribution in [0.1, 0.15) is 96.8 Å². The van der Waals surface area contributed by atoms with Crippen LogP contribution in [0.15, 0.2) is 12.1 Å². The molecule has 138 valence electrons. The summed E-state index contributed by atoms with van der Waals surface area (Å²) in [5.74, 6) is 0.814. The summed E-state index contributed by atoms with van der Waals surface area (Å²) in [6.45, 7) is 3.25. The fourth-order valence-corrected chi connectivity index (χ4v) is 3.05. The van der Waals surface area contributed by atoms with Crippen LogP contribution in [0.2, 0.25) is 5.15 Å². The Morgan fingerprint density at radius 3 is 1.67 bits per heavy atom. The first-order chi connectivity index (χ1) is 11.8. The third-order valence-electron chi connectivity index (χ3n) is 4.47. The van der Waals surface area contributed by atoms with Crippen LogP contribution in [0.3, 0.4) is 0 Å². The molecule has 4 heteroatoms. The third kappa shape index (κ3) is 12.6. The molecule has 0 aliphatic heterocycles. The molecule has 1 heterocycles. The Bertz CT molecular complexity index is 381. The normalized spacial score (nSPS) is 10.9. The zero-order valence-corrected chi connectivity index (χ0v) is 16.3. The first-order valence-electron chi connectivity index (χ1n) is 10.1. The Labute approximate surface area is 154 Å². The predicted molar refractivity (Wildman–Crippen MR) is 106 cm³/mol. The lowest BCUT2D eigenvalue weighted by atomic mass is 10.0. The number of rotatable bonds is 16. The SMILES string of the molecule is CCCCCCCCCCCCCCCCNc1ccc(Cl)nn1. The summed E-state index contributed by atoms with van der Waals surface area (Å²) in [5, 5.41) is 11.5. The summed E-state index contributed by atoms with van der Waals surface area (Å²) >= 11 is 5.71. The molecule has 0 aromatic carbocycles. The summed E-state index contributed by atoms with van der Waals surface area (Å²) in [6, 6.07) is 3.64. The highest BCUT2D eigenvalue weighted by Crippen LogP contribution is 2.13. The largest absolute Gasteiger partial charge is 0.369 e. The molecular formula is C20H36ClN3. The molecule has 0 saturated carbocycles. The summed E-state index contributed by atoms with van der Waals surface area (Å²) in [5.41, 5.74) is 0. The van der Waals surface area contributed by atoms with Crippen LogP contribution in [0.5, 0.6) is 0 Å². The zero-order chi connectivity index (χ0) is 17.3. The summed E-state index contributed by atoms with van der Waals surface area (Å²) in [6.07, 6.45) is 19.5. The number of hydrogen-bond donors (Lipinski definition) is 1. The second-order valence-corrected chi connectivity index (χ2v) is 7.15. The molecule has 1 aromatic rings. The average molecular weight is 354 g/mol. The van der Waals surface area contributed by atoms with Crippen LogP contribution in [-0.2, 0) is 0 Å². The number of hydrogen-bond acceptors (Lipinski definition) is 3. The van der Waals surface area contributed by atoms with Crippen LogP contribution in [-0.4, -0.2) is 16.7 Å². The van der Waals surface area contributed by atoms with Gasteiger partial charge < -0.3 is 5.32 Å². The highest BCUT2D eigenvalue weighted by atomic mass is 35.5. The van der Waals surface area contributed by atoms with E-state index in [0.717, 1.165) is 12.4 Å². The standard InChI is InChI=1S/C20H36ClN3/c1-2-3-4-5-6-7-8-9-10-11-12-13-14-15-18-22-20-17-16-19(21)23-24-20/h16-17H,2-15,18H2,1H3,(H,22,24). The van der Waals surface area contributed by atoms with Crippen molar-refractivity contribution in [1.29, 1.82) is 0 Å². The van der Waals surface area contributed by atoms with Gasteiger partial charge in [-0.05, 0) is 18.6 Å². The van der Waals surface area contributed by atoms with Crippen molar-refractivity contribution in [3.8, 4) is 0 Å². The number of nitrogens with zero attached hydrogens (tertiary/aromatic N) is 2. The minimum absolute atomic E-state index is 0.442. The van der Waals surface area contributed by atoms with Crippen molar-refractivity contribution in [3.05, 3.63) is 17.3 Å². The van der Waals surface area contributed by atoms with Gasteiger partial charge in [-0.15, -0.1) is 10.2 Å². The Morgan fingerprint density at radius 1 is 0.708 bits per heavy atom. The number of halogens is 1. The molecule has 3 nitrogen and oxygen atoms in total. The quantitative estimate of drug-likeness (QED) is 0.324. The monoisotopic (exact) mass is 353 g/mol. The molecule has 1 rings (SSSR count). The number of unbranched alkanes of at least 4 members (excludes halogenated alkanes) is 13. The van der Waals surface area contributed by atoms with Crippen molar-refractivity contribution in [2.45, 2.75) is 96.8 Å². The smallest absolute Gasteiger partial charge is 0.151 e. The summed E-state index contributed by atoms with van der Waals surface area (Å²) in [4.78, 5) is 0. The number of nitrogens with one attached hydrogen (secondary N) is 1. The van der Waals surface area contributed by atoms with Gasteiger partial charge in [0.05, 0.1) is 0 Å². The maximum absolute atomic E-state index is 5.71. The van der Waals surface area contributed by atoms with Gasteiger partial charge in [0.2, 0.25) is 0 Å². The highest BCUT2D eigenvalue weighted by molar-refractivity contribution is 6.29. The zero-order valence-electron chi connectivity index (χ0n) is 15.5. The average Bonchev–Trinajstić information content (AvgIpc) is 2.60. The molecule has 0 spiro atoms. The van der Waals surface area contributed by atoms with Crippen LogP contribution in [0, 0.1) is 0 Å². The van der Waals surface area contributed by atoms with Crippen molar-refractivity contribution in [1.82, 2.24) is 10.2 Å². The maximum atomic E-state index is 5.71. The van der Waals surface area contributed by atoms with Crippen molar-refractivity contribution < 1.29 is 0 Å². The van der Waals surface area contributed by atoms with Gasteiger partial charge in [0.1, 0.15) is 5.82 Å². The second kappa shape index (κ2) is 15.7.